The number of hydrogen-bond donors (Lipinski definition) is 2. The van der Waals surface area contributed by atoms with Crippen LogP contribution in [0.2, 0.25) is 0 Å². The van der Waals surface area contributed by atoms with Gasteiger partial charge < -0.3 is 15.8 Å². The van der Waals surface area contributed by atoms with Gasteiger partial charge in [0, 0.05) is 12.1 Å². The summed E-state index contributed by atoms with van der Waals surface area (Å²) < 4.78 is 32.6. The van der Waals surface area contributed by atoms with Gasteiger partial charge in [0.1, 0.15) is 0 Å². The molecule has 0 bridgehead atoms. The lowest BCUT2D eigenvalue weighted by atomic mass is 10.0. The van der Waals surface area contributed by atoms with E-state index in [0.29, 0.717) is 12.0 Å². The number of ether oxygens (including phenoxy) is 1. The van der Waals surface area contributed by atoms with Gasteiger partial charge in [-0.3, -0.25) is 4.79 Å². The molecule has 1 aromatic rings. The molecule has 1 amide bonds. The monoisotopic (exact) mass is 300 g/mol. The number of amides is 1. The zero-order chi connectivity index (χ0) is 16.0. The molecule has 0 saturated carbocycles. The first kappa shape index (κ1) is 17.4. The van der Waals surface area contributed by atoms with Crippen molar-refractivity contribution in [3.8, 4) is 5.75 Å². The first-order valence-electron chi connectivity index (χ1n) is 6.99. The van der Waals surface area contributed by atoms with Crippen molar-refractivity contribution < 1.29 is 18.3 Å². The Morgan fingerprint density at radius 3 is 2.38 bits per heavy atom. The summed E-state index contributed by atoms with van der Waals surface area (Å²) in [7, 11) is 0. The molecule has 0 heterocycles. The second-order valence-corrected chi connectivity index (χ2v) is 5.27. The first-order valence-corrected chi connectivity index (χ1v) is 6.99. The van der Waals surface area contributed by atoms with Gasteiger partial charge in [-0.05, 0) is 44.4 Å². The van der Waals surface area contributed by atoms with Crippen molar-refractivity contribution in [1.29, 1.82) is 0 Å². The van der Waals surface area contributed by atoms with Crippen LogP contribution in [0.25, 0.3) is 0 Å². The normalized spacial score (nSPS) is 12.3. The minimum atomic E-state index is -0.828. The van der Waals surface area contributed by atoms with E-state index in [1.807, 2.05) is 6.92 Å². The molecule has 0 radical (unpaired) electrons. The van der Waals surface area contributed by atoms with Crippen molar-refractivity contribution in [3.63, 3.8) is 0 Å². The van der Waals surface area contributed by atoms with E-state index in [2.05, 4.69) is 5.32 Å². The number of rotatable bonds is 7. The topological polar surface area (TPSA) is 64.3 Å². The molecule has 0 aliphatic heterocycles. The van der Waals surface area contributed by atoms with Gasteiger partial charge in [0.05, 0.1) is 0 Å². The van der Waals surface area contributed by atoms with Crippen molar-refractivity contribution in [2.45, 2.75) is 45.7 Å². The van der Waals surface area contributed by atoms with Gasteiger partial charge in [0.15, 0.2) is 24.0 Å². The fraction of sp³-hybridized carbons (Fsp3) is 0.533. The number of nitrogens with one attached hydrogen (secondary N) is 1. The van der Waals surface area contributed by atoms with Crippen molar-refractivity contribution >= 4 is 5.91 Å². The maximum atomic E-state index is 13.8. The standard InChI is InChI=1S/C15H22F2N2O2/c1-4-11(18)5-10-6-12(16)15(13(17)7-10)21-8-14(20)19-9(2)3/h6-7,9,11H,4-5,8,18H2,1-3H3,(H,19,20). The highest BCUT2D eigenvalue weighted by molar-refractivity contribution is 5.77. The summed E-state index contributed by atoms with van der Waals surface area (Å²) >= 11 is 0. The number of carbonyl (C=O) groups is 1. The third kappa shape index (κ3) is 5.67. The summed E-state index contributed by atoms with van der Waals surface area (Å²) in [6.07, 6.45) is 1.11. The van der Waals surface area contributed by atoms with E-state index in [-0.39, 0.29) is 12.1 Å². The van der Waals surface area contributed by atoms with Crippen LogP contribution in [-0.2, 0) is 11.2 Å². The Hall–Kier alpha value is -1.69. The van der Waals surface area contributed by atoms with Gasteiger partial charge in [0.2, 0.25) is 0 Å². The maximum absolute atomic E-state index is 13.8. The van der Waals surface area contributed by atoms with Gasteiger partial charge >= 0.3 is 0 Å². The molecule has 0 aromatic heterocycles. The molecule has 0 spiro atoms. The molecular formula is C15H22F2N2O2. The molecule has 6 heteroatoms. The molecule has 0 fully saturated rings. The summed E-state index contributed by atoms with van der Waals surface area (Å²) in [5, 5.41) is 2.57. The lowest BCUT2D eigenvalue weighted by Gasteiger charge is -2.13. The average Bonchev–Trinajstić information content (AvgIpc) is 2.36. The van der Waals surface area contributed by atoms with Crippen molar-refractivity contribution in [3.05, 3.63) is 29.3 Å². The van der Waals surface area contributed by atoms with Gasteiger partial charge in [-0.1, -0.05) is 6.92 Å². The predicted octanol–water partition coefficient (Wildman–Crippen LogP) is 2.15. The lowest BCUT2D eigenvalue weighted by Crippen LogP contribution is -2.34. The predicted molar refractivity (Wildman–Crippen MR) is 77.1 cm³/mol. The Bertz CT molecular complexity index is 470. The van der Waals surface area contributed by atoms with E-state index >= 15 is 0 Å². The van der Waals surface area contributed by atoms with E-state index in [1.165, 1.54) is 12.1 Å². The molecule has 1 atom stereocenters. The number of carbonyl (C=O) groups excluding carboxylic acids is 1. The van der Waals surface area contributed by atoms with Crippen LogP contribution < -0.4 is 15.8 Å². The Kier molecular flexibility index (Phi) is 6.55. The third-order valence-corrected chi connectivity index (χ3v) is 2.88. The van der Waals surface area contributed by atoms with Gasteiger partial charge in [0.25, 0.3) is 5.91 Å². The van der Waals surface area contributed by atoms with Crippen LogP contribution in [0.5, 0.6) is 5.75 Å². The second-order valence-electron chi connectivity index (χ2n) is 5.27. The minimum Gasteiger partial charge on any atom is -0.478 e. The molecule has 0 aliphatic carbocycles. The largest absolute Gasteiger partial charge is 0.478 e. The van der Waals surface area contributed by atoms with Crippen LogP contribution in [-0.4, -0.2) is 24.6 Å². The van der Waals surface area contributed by atoms with E-state index < -0.39 is 29.9 Å². The van der Waals surface area contributed by atoms with Gasteiger partial charge in [-0.25, -0.2) is 8.78 Å². The summed E-state index contributed by atoms with van der Waals surface area (Å²) in [4.78, 5) is 11.4. The Balaban J connectivity index is 2.73. The molecule has 0 saturated heterocycles. The highest BCUT2D eigenvalue weighted by atomic mass is 19.1. The first-order chi connectivity index (χ1) is 9.83. The number of nitrogens with two attached hydrogens (primary N) is 1. The van der Waals surface area contributed by atoms with E-state index in [4.69, 9.17) is 10.5 Å². The quantitative estimate of drug-likeness (QED) is 0.811. The number of halogens is 2. The van der Waals surface area contributed by atoms with Crippen molar-refractivity contribution in [1.82, 2.24) is 5.32 Å². The Morgan fingerprint density at radius 2 is 1.90 bits per heavy atom. The molecule has 4 nitrogen and oxygen atoms in total. The highest BCUT2D eigenvalue weighted by Gasteiger charge is 2.15. The summed E-state index contributed by atoms with van der Waals surface area (Å²) in [5.41, 5.74) is 6.23. The molecule has 1 rings (SSSR count). The molecular weight excluding hydrogens is 278 g/mol. The zero-order valence-electron chi connectivity index (χ0n) is 12.6. The zero-order valence-corrected chi connectivity index (χ0v) is 12.6. The molecule has 118 valence electrons. The fourth-order valence-corrected chi connectivity index (χ4v) is 1.82. The van der Waals surface area contributed by atoms with Crippen LogP contribution in [0.3, 0.4) is 0 Å². The minimum absolute atomic E-state index is 0.0614. The van der Waals surface area contributed by atoms with E-state index in [0.717, 1.165) is 6.42 Å². The Labute approximate surface area is 123 Å². The van der Waals surface area contributed by atoms with Crippen molar-refractivity contribution in [2.24, 2.45) is 5.73 Å². The van der Waals surface area contributed by atoms with Crippen LogP contribution in [0, 0.1) is 11.6 Å². The van der Waals surface area contributed by atoms with E-state index in [1.54, 1.807) is 13.8 Å². The fourth-order valence-electron chi connectivity index (χ4n) is 1.82. The number of benzene rings is 1. The number of hydrogen-bond acceptors (Lipinski definition) is 3. The molecule has 21 heavy (non-hydrogen) atoms. The third-order valence-electron chi connectivity index (χ3n) is 2.88. The average molecular weight is 300 g/mol. The molecule has 1 aromatic carbocycles. The van der Waals surface area contributed by atoms with Crippen LogP contribution in [0.15, 0.2) is 12.1 Å². The van der Waals surface area contributed by atoms with Crippen LogP contribution in [0.4, 0.5) is 8.78 Å². The smallest absolute Gasteiger partial charge is 0.258 e. The summed E-state index contributed by atoms with van der Waals surface area (Å²) in [5.74, 6) is -2.63. The van der Waals surface area contributed by atoms with Crippen LogP contribution >= 0.6 is 0 Å². The SMILES string of the molecule is CCC(N)Cc1cc(F)c(OCC(=O)NC(C)C)c(F)c1. The molecule has 1 unspecified atom stereocenters. The van der Waals surface area contributed by atoms with Gasteiger partial charge in [-0.2, -0.15) is 0 Å². The van der Waals surface area contributed by atoms with Crippen molar-refractivity contribution in [2.75, 3.05) is 6.61 Å². The van der Waals surface area contributed by atoms with E-state index in [9.17, 15) is 13.6 Å². The second kappa shape index (κ2) is 7.93. The Morgan fingerprint density at radius 1 is 1.33 bits per heavy atom. The van der Waals surface area contributed by atoms with Gasteiger partial charge in [-0.15, -0.1) is 0 Å². The van der Waals surface area contributed by atoms with Crippen LogP contribution in [0.1, 0.15) is 32.8 Å². The summed E-state index contributed by atoms with van der Waals surface area (Å²) in [6.45, 7) is 5.04. The molecule has 0 aliphatic rings. The maximum Gasteiger partial charge on any atom is 0.258 e. The lowest BCUT2D eigenvalue weighted by molar-refractivity contribution is -0.123. The highest BCUT2D eigenvalue weighted by Crippen LogP contribution is 2.24. The molecule has 3 N–H and O–H groups in total. The summed E-state index contributed by atoms with van der Waals surface area (Å²) in [6, 6.07) is 2.17.